The van der Waals surface area contributed by atoms with Crippen molar-refractivity contribution in [2.45, 2.75) is 12.2 Å². The minimum atomic E-state index is -1.86. The van der Waals surface area contributed by atoms with Crippen LogP contribution in [-0.4, -0.2) is 22.2 Å². The molecule has 0 radical (unpaired) electrons. The number of rotatable bonds is 3. The minimum Gasteiger partial charge on any atom is -0.385 e. The average molecular weight is 234 g/mol. The molecule has 82 valence electrons. The standard InChI is InChI=1S/C9H9ClFNO3/c10-4-1-2-6(11)5(3-4)7(13)8(14)9(12)15/h1-3,7-8,13-14H,(H2,12,15). The van der Waals surface area contributed by atoms with Gasteiger partial charge in [0.05, 0.1) is 0 Å². The van der Waals surface area contributed by atoms with Crippen molar-refractivity contribution in [2.75, 3.05) is 0 Å². The molecule has 0 bridgehead atoms. The molecule has 0 spiro atoms. The lowest BCUT2D eigenvalue weighted by Crippen LogP contribution is -2.34. The first-order chi connectivity index (χ1) is 6.93. The van der Waals surface area contributed by atoms with Crippen LogP contribution in [0.3, 0.4) is 0 Å². The first-order valence-electron chi connectivity index (χ1n) is 4.04. The molecule has 4 nitrogen and oxygen atoms in total. The van der Waals surface area contributed by atoms with Gasteiger partial charge in [-0.2, -0.15) is 0 Å². The lowest BCUT2D eigenvalue weighted by atomic mass is 10.0. The smallest absolute Gasteiger partial charge is 0.249 e. The fraction of sp³-hybridized carbons (Fsp3) is 0.222. The van der Waals surface area contributed by atoms with Gasteiger partial charge in [0.1, 0.15) is 11.9 Å². The number of nitrogens with two attached hydrogens (primary N) is 1. The Kier molecular flexibility index (Phi) is 3.62. The van der Waals surface area contributed by atoms with Gasteiger partial charge in [-0.3, -0.25) is 4.79 Å². The van der Waals surface area contributed by atoms with Crippen molar-refractivity contribution < 1.29 is 19.4 Å². The molecule has 0 heterocycles. The van der Waals surface area contributed by atoms with Crippen LogP contribution in [0.1, 0.15) is 11.7 Å². The quantitative estimate of drug-likeness (QED) is 0.705. The molecule has 4 N–H and O–H groups in total. The van der Waals surface area contributed by atoms with Crippen LogP contribution in [0.4, 0.5) is 4.39 Å². The van der Waals surface area contributed by atoms with E-state index in [-0.39, 0.29) is 10.6 Å². The number of primary amides is 1. The van der Waals surface area contributed by atoms with E-state index in [1.54, 1.807) is 0 Å². The Bertz CT molecular complexity index is 386. The predicted octanol–water partition coefficient (Wildman–Crippen LogP) is 0.359. The van der Waals surface area contributed by atoms with Crippen molar-refractivity contribution in [2.24, 2.45) is 5.73 Å². The third kappa shape index (κ3) is 2.65. The summed E-state index contributed by atoms with van der Waals surface area (Å²) in [5, 5.41) is 18.7. The van der Waals surface area contributed by atoms with Crippen molar-refractivity contribution in [3.05, 3.63) is 34.6 Å². The maximum absolute atomic E-state index is 13.2. The molecule has 2 atom stereocenters. The van der Waals surface area contributed by atoms with Gasteiger partial charge in [-0.25, -0.2) is 4.39 Å². The second-order valence-electron chi connectivity index (χ2n) is 2.96. The molecule has 1 aromatic carbocycles. The fourth-order valence-corrected chi connectivity index (χ4v) is 1.25. The molecule has 6 heteroatoms. The minimum absolute atomic E-state index is 0.183. The molecule has 0 aliphatic carbocycles. The molecule has 1 aromatic rings. The van der Waals surface area contributed by atoms with Gasteiger partial charge >= 0.3 is 0 Å². The highest BCUT2D eigenvalue weighted by molar-refractivity contribution is 6.30. The number of carbonyl (C=O) groups is 1. The largest absolute Gasteiger partial charge is 0.385 e. The van der Waals surface area contributed by atoms with Crippen LogP contribution < -0.4 is 5.73 Å². The highest BCUT2D eigenvalue weighted by atomic mass is 35.5. The molecule has 0 aliphatic rings. The molecule has 1 rings (SSSR count). The summed E-state index contributed by atoms with van der Waals surface area (Å²) in [6.07, 6.45) is -3.58. The van der Waals surface area contributed by atoms with E-state index in [9.17, 15) is 14.3 Å². The molecule has 1 amide bonds. The molecule has 0 fully saturated rings. The number of halogens is 2. The van der Waals surface area contributed by atoms with E-state index in [1.807, 2.05) is 0 Å². The summed E-state index contributed by atoms with van der Waals surface area (Å²) in [4.78, 5) is 10.6. The topological polar surface area (TPSA) is 83.6 Å². The van der Waals surface area contributed by atoms with Crippen LogP contribution in [0.25, 0.3) is 0 Å². The van der Waals surface area contributed by atoms with Gasteiger partial charge in [0, 0.05) is 10.6 Å². The number of hydrogen-bond acceptors (Lipinski definition) is 3. The van der Waals surface area contributed by atoms with Crippen molar-refractivity contribution in [3.63, 3.8) is 0 Å². The van der Waals surface area contributed by atoms with E-state index in [1.165, 1.54) is 6.07 Å². The molecule has 2 unspecified atom stereocenters. The zero-order chi connectivity index (χ0) is 11.6. The van der Waals surface area contributed by atoms with Gasteiger partial charge in [0.15, 0.2) is 6.10 Å². The summed E-state index contributed by atoms with van der Waals surface area (Å²) < 4.78 is 13.2. The van der Waals surface area contributed by atoms with Crippen molar-refractivity contribution in [3.8, 4) is 0 Å². The van der Waals surface area contributed by atoms with Gasteiger partial charge in [-0.1, -0.05) is 11.6 Å². The first-order valence-corrected chi connectivity index (χ1v) is 4.41. The Labute approximate surface area is 90.1 Å². The Morgan fingerprint density at radius 2 is 2.07 bits per heavy atom. The monoisotopic (exact) mass is 233 g/mol. The van der Waals surface area contributed by atoms with Crippen LogP contribution in [0.2, 0.25) is 5.02 Å². The van der Waals surface area contributed by atoms with Crippen LogP contribution in [0.5, 0.6) is 0 Å². The number of aliphatic hydroxyl groups excluding tert-OH is 2. The Morgan fingerprint density at radius 3 is 2.60 bits per heavy atom. The lowest BCUT2D eigenvalue weighted by molar-refractivity contribution is -0.132. The fourth-order valence-electron chi connectivity index (χ4n) is 1.07. The van der Waals surface area contributed by atoms with Gasteiger partial charge in [-0.15, -0.1) is 0 Å². The molecule has 0 saturated heterocycles. The maximum Gasteiger partial charge on any atom is 0.249 e. The molecular weight excluding hydrogens is 225 g/mol. The Hall–Kier alpha value is -1.17. The summed E-state index contributed by atoms with van der Waals surface area (Å²) >= 11 is 5.57. The number of benzene rings is 1. The van der Waals surface area contributed by atoms with Crippen molar-refractivity contribution in [1.82, 2.24) is 0 Å². The molecular formula is C9H9ClFNO3. The Balaban J connectivity index is 3.04. The van der Waals surface area contributed by atoms with Crippen molar-refractivity contribution in [1.29, 1.82) is 0 Å². The van der Waals surface area contributed by atoms with Gasteiger partial charge in [-0.05, 0) is 18.2 Å². The van der Waals surface area contributed by atoms with Crippen LogP contribution >= 0.6 is 11.6 Å². The van der Waals surface area contributed by atoms with Crippen molar-refractivity contribution >= 4 is 17.5 Å². The molecule has 0 aromatic heterocycles. The summed E-state index contributed by atoms with van der Waals surface area (Å²) in [7, 11) is 0. The highest BCUT2D eigenvalue weighted by Gasteiger charge is 2.25. The van der Waals surface area contributed by atoms with Gasteiger partial charge in [0.25, 0.3) is 0 Å². The number of carbonyl (C=O) groups excluding carboxylic acids is 1. The third-order valence-corrected chi connectivity index (χ3v) is 2.10. The zero-order valence-electron chi connectivity index (χ0n) is 7.52. The van der Waals surface area contributed by atoms with Gasteiger partial charge < -0.3 is 15.9 Å². The number of amides is 1. The van der Waals surface area contributed by atoms with E-state index in [2.05, 4.69) is 0 Å². The Morgan fingerprint density at radius 1 is 1.47 bits per heavy atom. The normalized spacial score (nSPS) is 14.7. The lowest BCUT2D eigenvalue weighted by Gasteiger charge is -2.15. The van der Waals surface area contributed by atoms with E-state index in [0.717, 1.165) is 12.1 Å². The molecule has 0 aliphatic heterocycles. The predicted molar refractivity (Wildman–Crippen MR) is 51.6 cm³/mol. The summed E-state index contributed by atoms with van der Waals surface area (Å²) in [5.41, 5.74) is 4.49. The molecule has 0 saturated carbocycles. The first kappa shape index (κ1) is 11.9. The second-order valence-corrected chi connectivity index (χ2v) is 3.39. The van der Waals surface area contributed by atoms with Crippen LogP contribution in [0, 0.1) is 5.82 Å². The van der Waals surface area contributed by atoms with E-state index in [0.29, 0.717) is 0 Å². The number of hydrogen-bond donors (Lipinski definition) is 3. The van der Waals surface area contributed by atoms with Crippen LogP contribution in [-0.2, 0) is 4.79 Å². The van der Waals surface area contributed by atoms with E-state index in [4.69, 9.17) is 22.4 Å². The maximum atomic E-state index is 13.2. The average Bonchev–Trinajstić information content (AvgIpc) is 2.19. The summed E-state index contributed by atoms with van der Waals surface area (Å²) in [6, 6.07) is 3.42. The SMILES string of the molecule is NC(=O)C(O)C(O)c1cc(Cl)ccc1F. The number of aliphatic hydroxyl groups is 2. The van der Waals surface area contributed by atoms with E-state index >= 15 is 0 Å². The highest BCUT2D eigenvalue weighted by Crippen LogP contribution is 2.23. The van der Waals surface area contributed by atoms with Gasteiger partial charge in [0.2, 0.25) is 5.91 Å². The molecule has 15 heavy (non-hydrogen) atoms. The second kappa shape index (κ2) is 4.57. The zero-order valence-corrected chi connectivity index (χ0v) is 8.28. The summed E-state index contributed by atoms with van der Waals surface area (Å²) in [6.45, 7) is 0. The van der Waals surface area contributed by atoms with E-state index < -0.39 is 23.9 Å². The third-order valence-electron chi connectivity index (χ3n) is 1.87. The summed E-state index contributed by atoms with van der Waals surface area (Å²) in [5.74, 6) is -1.91. The van der Waals surface area contributed by atoms with Crippen LogP contribution in [0.15, 0.2) is 18.2 Å².